The predicted octanol–water partition coefficient (Wildman–Crippen LogP) is 0.975. The van der Waals surface area contributed by atoms with Gasteiger partial charge in [-0.15, -0.1) is 0 Å². The van der Waals surface area contributed by atoms with Crippen LogP contribution in [0.4, 0.5) is 0 Å². The zero-order chi connectivity index (χ0) is 15.2. The van der Waals surface area contributed by atoms with Gasteiger partial charge in [-0.05, 0) is 18.4 Å². The fourth-order valence-electron chi connectivity index (χ4n) is 2.38. The van der Waals surface area contributed by atoms with Crippen LogP contribution in [0.25, 0.3) is 0 Å². The van der Waals surface area contributed by atoms with E-state index in [0.717, 1.165) is 11.3 Å². The largest absolute Gasteiger partial charge is 0.480 e. The van der Waals surface area contributed by atoms with Crippen LogP contribution in [-0.4, -0.2) is 52.0 Å². The van der Waals surface area contributed by atoms with E-state index in [1.165, 1.54) is 4.90 Å². The number of carboxylic acids is 1. The summed E-state index contributed by atoms with van der Waals surface area (Å²) in [7, 11) is 0. The molecule has 5 nitrogen and oxygen atoms in total. The molecule has 1 fully saturated rings. The Bertz CT molecular complexity index is 495. The molecule has 3 N–H and O–H groups in total. The highest BCUT2D eigenvalue weighted by molar-refractivity contribution is 7.99. The summed E-state index contributed by atoms with van der Waals surface area (Å²) in [5.74, 6) is -0.00243. The molecule has 1 aromatic carbocycles. The standard InChI is InChI=1S/C15H20N2O3S/c16-12(7-6-11-4-2-1-3-5-11)14(18)17-8-9-21-10-13(17)15(19)20/h1-5,12-13H,6-10,16H2,(H,19,20). The number of nitrogens with two attached hydrogens (primary N) is 1. The van der Waals surface area contributed by atoms with E-state index in [1.807, 2.05) is 30.3 Å². The molecule has 6 heteroatoms. The van der Waals surface area contributed by atoms with E-state index in [1.54, 1.807) is 11.8 Å². The van der Waals surface area contributed by atoms with Crippen molar-refractivity contribution >= 4 is 23.6 Å². The first-order valence-corrected chi connectivity index (χ1v) is 8.15. The quantitative estimate of drug-likeness (QED) is 0.847. The predicted molar refractivity (Wildman–Crippen MR) is 83.2 cm³/mol. The average Bonchev–Trinajstić information content (AvgIpc) is 2.52. The number of aryl methyl sites for hydroxylation is 1. The molecule has 0 radical (unpaired) electrons. The molecule has 2 unspecified atom stereocenters. The molecule has 0 saturated carbocycles. The second-order valence-corrected chi connectivity index (χ2v) is 6.24. The summed E-state index contributed by atoms with van der Waals surface area (Å²) in [6.07, 6.45) is 1.24. The van der Waals surface area contributed by atoms with Crippen LogP contribution >= 0.6 is 11.8 Å². The molecule has 2 rings (SSSR count). The minimum Gasteiger partial charge on any atom is -0.480 e. The van der Waals surface area contributed by atoms with Gasteiger partial charge < -0.3 is 15.7 Å². The van der Waals surface area contributed by atoms with Crippen LogP contribution in [0.15, 0.2) is 30.3 Å². The molecule has 1 aromatic rings. The number of aliphatic carboxylic acids is 1. The van der Waals surface area contributed by atoms with Crippen molar-refractivity contribution in [1.82, 2.24) is 4.90 Å². The van der Waals surface area contributed by atoms with Crippen molar-refractivity contribution in [3.8, 4) is 0 Å². The summed E-state index contributed by atoms with van der Waals surface area (Å²) >= 11 is 1.56. The lowest BCUT2D eigenvalue weighted by molar-refractivity contribution is -0.149. The van der Waals surface area contributed by atoms with Crippen molar-refractivity contribution in [3.05, 3.63) is 35.9 Å². The number of benzene rings is 1. The van der Waals surface area contributed by atoms with Crippen LogP contribution in [0.3, 0.4) is 0 Å². The minimum absolute atomic E-state index is 0.251. The highest BCUT2D eigenvalue weighted by Gasteiger charge is 2.34. The van der Waals surface area contributed by atoms with Crippen molar-refractivity contribution in [2.75, 3.05) is 18.1 Å². The third-order valence-electron chi connectivity index (χ3n) is 3.60. The van der Waals surface area contributed by atoms with E-state index in [2.05, 4.69) is 0 Å². The van der Waals surface area contributed by atoms with E-state index in [9.17, 15) is 14.7 Å². The number of hydrogen-bond donors (Lipinski definition) is 2. The molecule has 0 aliphatic carbocycles. The number of rotatable bonds is 5. The van der Waals surface area contributed by atoms with E-state index in [4.69, 9.17) is 5.73 Å². The van der Waals surface area contributed by atoms with Gasteiger partial charge in [-0.1, -0.05) is 30.3 Å². The topological polar surface area (TPSA) is 83.6 Å². The maximum absolute atomic E-state index is 12.4. The smallest absolute Gasteiger partial charge is 0.327 e. The third-order valence-corrected chi connectivity index (χ3v) is 4.62. The molecule has 1 aliphatic heterocycles. The highest BCUT2D eigenvalue weighted by atomic mass is 32.2. The van der Waals surface area contributed by atoms with Crippen LogP contribution in [0.1, 0.15) is 12.0 Å². The second kappa shape index (κ2) is 7.47. The number of carboxylic acid groups (broad SMARTS) is 1. The molecule has 21 heavy (non-hydrogen) atoms. The fourth-order valence-corrected chi connectivity index (χ4v) is 3.41. The molecule has 0 bridgehead atoms. The normalized spacial score (nSPS) is 20.0. The Balaban J connectivity index is 1.93. The lowest BCUT2D eigenvalue weighted by atomic mass is 10.0. The monoisotopic (exact) mass is 308 g/mol. The first kappa shape index (κ1) is 15.9. The van der Waals surface area contributed by atoms with Crippen molar-refractivity contribution in [2.24, 2.45) is 5.73 Å². The van der Waals surface area contributed by atoms with Gasteiger partial charge in [0.2, 0.25) is 5.91 Å². The Hall–Kier alpha value is -1.53. The van der Waals surface area contributed by atoms with Gasteiger partial charge in [-0.3, -0.25) is 4.79 Å². The summed E-state index contributed by atoms with van der Waals surface area (Å²) in [6.45, 7) is 0.458. The maximum atomic E-state index is 12.4. The zero-order valence-electron chi connectivity index (χ0n) is 11.8. The SMILES string of the molecule is NC(CCc1ccccc1)C(=O)N1CCSCC1C(=O)O. The Morgan fingerprint density at radius 1 is 1.38 bits per heavy atom. The summed E-state index contributed by atoms with van der Waals surface area (Å²) in [4.78, 5) is 25.0. The van der Waals surface area contributed by atoms with Gasteiger partial charge in [0.15, 0.2) is 0 Å². The lowest BCUT2D eigenvalue weighted by Crippen LogP contribution is -2.55. The maximum Gasteiger partial charge on any atom is 0.327 e. The molecule has 1 amide bonds. The first-order chi connectivity index (χ1) is 10.1. The van der Waals surface area contributed by atoms with Crippen molar-refractivity contribution in [1.29, 1.82) is 0 Å². The van der Waals surface area contributed by atoms with Crippen LogP contribution in [0.2, 0.25) is 0 Å². The van der Waals surface area contributed by atoms with Gasteiger partial charge in [0.05, 0.1) is 6.04 Å². The molecule has 1 saturated heterocycles. The van der Waals surface area contributed by atoms with Crippen LogP contribution in [-0.2, 0) is 16.0 Å². The molecule has 0 spiro atoms. The van der Waals surface area contributed by atoms with Crippen LogP contribution in [0, 0.1) is 0 Å². The van der Waals surface area contributed by atoms with E-state index >= 15 is 0 Å². The van der Waals surface area contributed by atoms with Gasteiger partial charge in [0.25, 0.3) is 0 Å². The number of thioether (sulfide) groups is 1. The highest BCUT2D eigenvalue weighted by Crippen LogP contribution is 2.18. The van der Waals surface area contributed by atoms with Crippen LogP contribution < -0.4 is 5.73 Å². The van der Waals surface area contributed by atoms with E-state index < -0.39 is 18.1 Å². The molecular weight excluding hydrogens is 288 g/mol. The number of carbonyl (C=O) groups excluding carboxylic acids is 1. The second-order valence-electron chi connectivity index (χ2n) is 5.09. The molecule has 1 heterocycles. The number of nitrogens with zero attached hydrogens (tertiary/aromatic N) is 1. The molecule has 0 aromatic heterocycles. The summed E-state index contributed by atoms with van der Waals surface area (Å²) in [5.41, 5.74) is 7.10. The van der Waals surface area contributed by atoms with Gasteiger partial charge >= 0.3 is 5.97 Å². The molecular formula is C15H20N2O3S. The number of amides is 1. The summed E-state index contributed by atoms with van der Waals surface area (Å²) in [5, 5.41) is 9.20. The Morgan fingerprint density at radius 3 is 2.76 bits per heavy atom. The molecule has 114 valence electrons. The third kappa shape index (κ3) is 4.22. The number of hydrogen-bond acceptors (Lipinski definition) is 4. The zero-order valence-corrected chi connectivity index (χ0v) is 12.6. The van der Waals surface area contributed by atoms with E-state index in [-0.39, 0.29) is 5.91 Å². The van der Waals surface area contributed by atoms with Crippen molar-refractivity contribution < 1.29 is 14.7 Å². The fraction of sp³-hybridized carbons (Fsp3) is 0.467. The van der Waals surface area contributed by atoms with Crippen molar-refractivity contribution in [3.63, 3.8) is 0 Å². The molecule has 2 atom stereocenters. The van der Waals surface area contributed by atoms with Gasteiger partial charge in [0, 0.05) is 18.1 Å². The molecule has 1 aliphatic rings. The van der Waals surface area contributed by atoms with E-state index in [0.29, 0.717) is 25.1 Å². The van der Waals surface area contributed by atoms with Crippen LogP contribution in [0.5, 0.6) is 0 Å². The average molecular weight is 308 g/mol. The van der Waals surface area contributed by atoms with Crippen molar-refractivity contribution in [2.45, 2.75) is 24.9 Å². The lowest BCUT2D eigenvalue weighted by Gasteiger charge is -2.34. The number of carbonyl (C=O) groups is 2. The Morgan fingerprint density at radius 2 is 2.10 bits per heavy atom. The Kier molecular flexibility index (Phi) is 5.64. The summed E-state index contributed by atoms with van der Waals surface area (Å²) in [6, 6.07) is 8.44. The summed E-state index contributed by atoms with van der Waals surface area (Å²) < 4.78 is 0. The van der Waals surface area contributed by atoms with Gasteiger partial charge in [0.1, 0.15) is 6.04 Å². The first-order valence-electron chi connectivity index (χ1n) is 7.00. The van der Waals surface area contributed by atoms with Gasteiger partial charge in [-0.25, -0.2) is 4.79 Å². The van der Waals surface area contributed by atoms with Gasteiger partial charge in [-0.2, -0.15) is 11.8 Å². The minimum atomic E-state index is -0.953. The Labute approximate surface area is 128 Å².